The van der Waals surface area contributed by atoms with Gasteiger partial charge in [0.05, 0.1) is 0 Å². The Morgan fingerprint density at radius 3 is 2.47 bits per heavy atom. The Labute approximate surface area is 178 Å². The summed E-state index contributed by atoms with van der Waals surface area (Å²) in [5, 5.41) is 2.53. The molecule has 0 saturated heterocycles. The van der Waals surface area contributed by atoms with E-state index in [0.29, 0.717) is 17.9 Å². The summed E-state index contributed by atoms with van der Waals surface area (Å²) in [5.74, 6) is -0.617. The molecule has 2 aromatic rings. The van der Waals surface area contributed by atoms with Crippen LogP contribution in [0.5, 0.6) is 0 Å². The van der Waals surface area contributed by atoms with Crippen LogP contribution in [0.4, 0.5) is 0 Å². The highest BCUT2D eigenvalue weighted by molar-refractivity contribution is 5.99. The van der Waals surface area contributed by atoms with Crippen molar-refractivity contribution in [1.29, 1.82) is 0 Å². The Hall–Kier alpha value is -2.89. The summed E-state index contributed by atoms with van der Waals surface area (Å²) in [6.45, 7) is 8.16. The summed E-state index contributed by atoms with van der Waals surface area (Å²) in [7, 11) is 0. The molecule has 0 saturated carbocycles. The summed E-state index contributed by atoms with van der Waals surface area (Å²) in [6, 6.07) is 12.0. The zero-order valence-corrected chi connectivity index (χ0v) is 18.4. The number of esters is 1. The van der Waals surface area contributed by atoms with Crippen LogP contribution in [-0.4, -0.2) is 35.4 Å². The maximum absolute atomic E-state index is 12.5. The van der Waals surface area contributed by atoms with Crippen molar-refractivity contribution >= 4 is 17.7 Å². The third kappa shape index (κ3) is 7.17. The first-order valence-electron chi connectivity index (χ1n) is 10.4. The molecule has 0 aliphatic rings. The first-order valence-corrected chi connectivity index (χ1v) is 10.4. The zero-order chi connectivity index (χ0) is 22.1. The normalized spacial score (nSPS) is 10.8. The second-order valence-electron chi connectivity index (χ2n) is 7.97. The maximum Gasteiger partial charge on any atom is 0.325 e. The van der Waals surface area contributed by atoms with Gasteiger partial charge < -0.3 is 14.6 Å². The smallest absolute Gasteiger partial charge is 0.325 e. The number of aromatic nitrogens is 1. The Balaban J connectivity index is 1.83. The molecule has 0 unspecified atom stereocenters. The van der Waals surface area contributed by atoms with E-state index >= 15 is 0 Å². The number of hydrogen-bond donors (Lipinski definition) is 1. The summed E-state index contributed by atoms with van der Waals surface area (Å²) in [4.78, 5) is 36.1. The Kier molecular flexibility index (Phi) is 8.84. The fraction of sp³-hybridized carbons (Fsp3) is 0.458. The molecule has 0 radical (unpaired) electrons. The van der Waals surface area contributed by atoms with Gasteiger partial charge in [-0.2, -0.15) is 0 Å². The van der Waals surface area contributed by atoms with Crippen molar-refractivity contribution in [1.82, 2.24) is 9.88 Å². The van der Waals surface area contributed by atoms with Crippen LogP contribution < -0.4 is 5.32 Å². The fourth-order valence-electron chi connectivity index (χ4n) is 3.27. The number of rotatable bonds is 11. The Morgan fingerprint density at radius 2 is 1.80 bits per heavy atom. The van der Waals surface area contributed by atoms with E-state index in [1.54, 1.807) is 0 Å². The number of Topliss-reactive ketones (excluding diaryl/α,β-unsaturated/α-hetero) is 1. The van der Waals surface area contributed by atoms with Gasteiger partial charge in [0.1, 0.15) is 6.54 Å². The molecule has 1 aromatic heterocycles. The quantitative estimate of drug-likeness (QED) is 0.452. The SMILES string of the molecule is Cc1cc(C(=O)COC(=O)CNC(=O)CCC(C)C)c(C)n1CCc1ccccc1. The van der Waals surface area contributed by atoms with Crippen LogP contribution in [0.1, 0.15) is 54.0 Å². The number of nitrogens with zero attached hydrogens (tertiary/aromatic N) is 1. The minimum absolute atomic E-state index is 0.186. The maximum atomic E-state index is 12.5. The number of benzene rings is 1. The van der Waals surface area contributed by atoms with E-state index in [-0.39, 0.29) is 24.8 Å². The lowest BCUT2D eigenvalue weighted by molar-refractivity contribution is -0.142. The number of carbonyl (C=O) groups excluding carboxylic acids is 3. The summed E-state index contributed by atoms with van der Waals surface area (Å²) in [6.07, 6.45) is 2.01. The van der Waals surface area contributed by atoms with E-state index in [1.807, 2.05) is 52.0 Å². The molecule has 0 aliphatic heterocycles. The van der Waals surface area contributed by atoms with E-state index in [2.05, 4.69) is 22.0 Å². The highest BCUT2D eigenvalue weighted by atomic mass is 16.5. The Bertz CT molecular complexity index is 869. The van der Waals surface area contributed by atoms with Gasteiger partial charge in [0.25, 0.3) is 0 Å². The van der Waals surface area contributed by atoms with E-state index < -0.39 is 5.97 Å². The second-order valence-corrected chi connectivity index (χ2v) is 7.97. The van der Waals surface area contributed by atoms with Gasteiger partial charge in [0.2, 0.25) is 11.7 Å². The number of aryl methyl sites for hydroxylation is 2. The van der Waals surface area contributed by atoms with Crippen molar-refractivity contribution in [3.05, 3.63) is 58.9 Å². The average Bonchev–Trinajstić information content (AvgIpc) is 3.01. The van der Waals surface area contributed by atoms with Crippen LogP contribution in [0.25, 0.3) is 0 Å². The van der Waals surface area contributed by atoms with Crippen molar-refractivity contribution in [2.24, 2.45) is 5.92 Å². The first kappa shape index (κ1) is 23.4. The molecule has 2 rings (SSSR count). The number of nitrogens with one attached hydrogen (secondary N) is 1. The van der Waals surface area contributed by atoms with Gasteiger partial charge in [0, 0.05) is 29.9 Å². The highest BCUT2D eigenvalue weighted by Gasteiger charge is 2.17. The monoisotopic (exact) mass is 412 g/mol. The summed E-state index contributed by atoms with van der Waals surface area (Å²) in [5.41, 5.74) is 3.67. The number of ether oxygens (including phenoxy) is 1. The molecule has 0 fully saturated rings. The van der Waals surface area contributed by atoms with E-state index in [0.717, 1.165) is 30.8 Å². The van der Waals surface area contributed by atoms with Crippen LogP contribution in [0.3, 0.4) is 0 Å². The molecule has 1 N–H and O–H groups in total. The first-order chi connectivity index (χ1) is 14.3. The average molecular weight is 413 g/mol. The second kappa shape index (κ2) is 11.3. The molecule has 162 valence electrons. The molecule has 0 atom stereocenters. The van der Waals surface area contributed by atoms with Crippen LogP contribution >= 0.6 is 0 Å². The van der Waals surface area contributed by atoms with E-state index in [9.17, 15) is 14.4 Å². The lowest BCUT2D eigenvalue weighted by atomic mass is 10.1. The van der Waals surface area contributed by atoms with Crippen molar-refractivity contribution in [2.75, 3.05) is 13.2 Å². The van der Waals surface area contributed by atoms with Crippen LogP contribution in [0, 0.1) is 19.8 Å². The minimum atomic E-state index is -0.612. The molecule has 0 bridgehead atoms. The minimum Gasteiger partial charge on any atom is -0.456 e. The zero-order valence-electron chi connectivity index (χ0n) is 18.4. The molecule has 30 heavy (non-hydrogen) atoms. The lowest BCUT2D eigenvalue weighted by Crippen LogP contribution is -2.31. The number of carbonyl (C=O) groups is 3. The van der Waals surface area contributed by atoms with Crippen LogP contribution in [-0.2, 0) is 27.3 Å². The predicted octanol–water partition coefficient (Wildman–Crippen LogP) is 3.63. The van der Waals surface area contributed by atoms with Crippen LogP contribution in [0.2, 0.25) is 0 Å². The Morgan fingerprint density at radius 1 is 1.10 bits per heavy atom. The van der Waals surface area contributed by atoms with Gasteiger partial charge in [0.15, 0.2) is 6.61 Å². The molecular weight excluding hydrogens is 380 g/mol. The van der Waals surface area contributed by atoms with Gasteiger partial charge in [-0.15, -0.1) is 0 Å². The van der Waals surface area contributed by atoms with E-state index in [4.69, 9.17) is 4.74 Å². The molecule has 0 spiro atoms. The van der Waals surface area contributed by atoms with Gasteiger partial charge in [-0.25, -0.2) is 0 Å². The molecule has 6 heteroatoms. The van der Waals surface area contributed by atoms with Gasteiger partial charge in [-0.05, 0) is 44.2 Å². The molecule has 1 amide bonds. The third-order valence-corrected chi connectivity index (χ3v) is 5.08. The fourth-order valence-corrected chi connectivity index (χ4v) is 3.27. The topological polar surface area (TPSA) is 77.4 Å². The summed E-state index contributed by atoms with van der Waals surface area (Å²) < 4.78 is 7.16. The van der Waals surface area contributed by atoms with Gasteiger partial charge in [-0.1, -0.05) is 44.2 Å². The largest absolute Gasteiger partial charge is 0.456 e. The number of ketones is 1. The highest BCUT2D eigenvalue weighted by Crippen LogP contribution is 2.17. The number of hydrogen-bond acceptors (Lipinski definition) is 4. The molecule has 1 heterocycles. The molecular formula is C24H32N2O4. The number of amides is 1. The van der Waals surface area contributed by atoms with Crippen LogP contribution in [0.15, 0.2) is 36.4 Å². The lowest BCUT2D eigenvalue weighted by Gasteiger charge is -2.10. The molecule has 6 nitrogen and oxygen atoms in total. The van der Waals surface area contributed by atoms with Crippen molar-refractivity contribution < 1.29 is 19.1 Å². The standard InChI is InChI=1S/C24H32N2O4/c1-17(2)10-11-23(28)25-15-24(29)30-16-22(27)21-14-18(3)26(19(21)4)13-12-20-8-6-5-7-9-20/h5-9,14,17H,10-13,15-16H2,1-4H3,(H,25,28). The van der Waals surface area contributed by atoms with Crippen molar-refractivity contribution in [3.8, 4) is 0 Å². The predicted molar refractivity (Wildman–Crippen MR) is 116 cm³/mol. The molecule has 0 aliphatic carbocycles. The molecule has 1 aromatic carbocycles. The van der Waals surface area contributed by atoms with Crippen molar-refractivity contribution in [2.45, 2.75) is 53.5 Å². The van der Waals surface area contributed by atoms with Gasteiger partial charge >= 0.3 is 5.97 Å². The van der Waals surface area contributed by atoms with E-state index in [1.165, 1.54) is 5.56 Å². The third-order valence-electron chi connectivity index (χ3n) is 5.08. The van der Waals surface area contributed by atoms with Gasteiger partial charge in [-0.3, -0.25) is 14.4 Å². The summed E-state index contributed by atoms with van der Waals surface area (Å²) >= 11 is 0. The van der Waals surface area contributed by atoms with Crippen molar-refractivity contribution in [3.63, 3.8) is 0 Å².